The van der Waals surface area contributed by atoms with Crippen LogP contribution in [0.2, 0.25) is 0 Å². The van der Waals surface area contributed by atoms with Crippen LogP contribution in [0.15, 0.2) is 33.3 Å². The second-order valence-electron chi connectivity index (χ2n) is 5.07. The van der Waals surface area contributed by atoms with Gasteiger partial charge in [-0.2, -0.15) is 0 Å². The molecular weight excluding hydrogens is 320 g/mol. The first-order valence-corrected chi connectivity index (χ1v) is 7.38. The van der Waals surface area contributed by atoms with Crippen LogP contribution in [0.4, 0.5) is 11.5 Å². The van der Waals surface area contributed by atoms with E-state index in [-0.39, 0.29) is 0 Å². The summed E-state index contributed by atoms with van der Waals surface area (Å²) in [6.07, 6.45) is 0. The zero-order valence-corrected chi connectivity index (χ0v) is 12.9. The summed E-state index contributed by atoms with van der Waals surface area (Å²) in [5.74, 6) is 1.09. The number of piperazine rings is 1. The minimum absolute atomic E-state index is 0.402. The molecule has 2 N–H and O–H groups in total. The molecule has 0 unspecified atom stereocenters. The van der Waals surface area contributed by atoms with Crippen LogP contribution >= 0.6 is 15.9 Å². The molecule has 0 radical (unpaired) electrons. The molecule has 6 heteroatoms. The Kier molecular flexibility index (Phi) is 3.67. The fourth-order valence-corrected chi connectivity index (χ4v) is 3.02. The van der Waals surface area contributed by atoms with Crippen LogP contribution in [0.25, 0.3) is 11.3 Å². The number of nitrogen functional groups attached to an aromatic ring is 1. The first-order valence-electron chi connectivity index (χ1n) is 6.59. The molecule has 1 fully saturated rings. The van der Waals surface area contributed by atoms with Crippen LogP contribution in [0.1, 0.15) is 0 Å². The van der Waals surface area contributed by atoms with Crippen molar-refractivity contribution in [1.29, 1.82) is 0 Å². The summed E-state index contributed by atoms with van der Waals surface area (Å²) in [4.78, 5) is 4.73. The second-order valence-corrected chi connectivity index (χ2v) is 5.93. The van der Waals surface area contributed by atoms with E-state index in [9.17, 15) is 0 Å². The topological polar surface area (TPSA) is 58.5 Å². The minimum atomic E-state index is 0.402. The number of anilines is 2. The maximum absolute atomic E-state index is 5.58. The Hall–Kier alpha value is -1.53. The lowest BCUT2D eigenvalue weighted by Crippen LogP contribution is -2.44. The molecule has 0 saturated carbocycles. The molecule has 1 aliphatic heterocycles. The first kappa shape index (κ1) is 13.5. The third kappa shape index (κ3) is 2.66. The Morgan fingerprint density at radius 3 is 2.55 bits per heavy atom. The van der Waals surface area contributed by atoms with E-state index < -0.39 is 0 Å². The number of rotatable bonds is 2. The summed E-state index contributed by atoms with van der Waals surface area (Å²) >= 11 is 3.65. The molecule has 0 bridgehead atoms. The van der Waals surface area contributed by atoms with Gasteiger partial charge in [0.25, 0.3) is 0 Å². The zero-order chi connectivity index (χ0) is 14.1. The van der Waals surface area contributed by atoms with Crippen molar-refractivity contribution in [3.8, 4) is 11.3 Å². The fraction of sp³-hybridized carbons (Fsp3) is 0.357. The molecule has 2 aromatic rings. The lowest BCUT2D eigenvalue weighted by molar-refractivity contribution is 0.312. The monoisotopic (exact) mass is 336 g/mol. The molecule has 3 rings (SSSR count). The van der Waals surface area contributed by atoms with Crippen molar-refractivity contribution in [3.63, 3.8) is 0 Å². The zero-order valence-electron chi connectivity index (χ0n) is 11.3. The number of halogens is 1. The number of hydrogen-bond acceptors (Lipinski definition) is 5. The van der Waals surface area contributed by atoms with E-state index in [0.29, 0.717) is 11.6 Å². The summed E-state index contributed by atoms with van der Waals surface area (Å²) in [5.41, 5.74) is 7.77. The molecule has 1 saturated heterocycles. The minimum Gasteiger partial charge on any atom is -0.381 e. The van der Waals surface area contributed by atoms with E-state index in [1.165, 1.54) is 5.69 Å². The van der Waals surface area contributed by atoms with Gasteiger partial charge in [-0.1, -0.05) is 5.16 Å². The molecule has 0 aliphatic carbocycles. The van der Waals surface area contributed by atoms with Crippen LogP contribution in [-0.2, 0) is 0 Å². The molecule has 0 amide bonds. The smallest absolute Gasteiger partial charge is 0.169 e. The van der Waals surface area contributed by atoms with E-state index in [4.69, 9.17) is 10.3 Å². The van der Waals surface area contributed by atoms with Crippen molar-refractivity contribution in [2.75, 3.05) is 43.9 Å². The molecule has 2 heterocycles. The predicted molar refractivity (Wildman–Crippen MR) is 83.8 cm³/mol. The van der Waals surface area contributed by atoms with Gasteiger partial charge >= 0.3 is 0 Å². The van der Waals surface area contributed by atoms with Gasteiger partial charge in [0.05, 0.1) is 5.69 Å². The lowest BCUT2D eigenvalue weighted by atomic mass is 10.1. The number of likely N-dealkylation sites (N-methyl/N-ethyl adjacent to an activating group) is 1. The van der Waals surface area contributed by atoms with E-state index in [1.807, 2.05) is 12.1 Å². The van der Waals surface area contributed by atoms with Crippen LogP contribution in [0.5, 0.6) is 0 Å². The third-order valence-electron chi connectivity index (χ3n) is 3.60. The molecule has 0 spiro atoms. The standard InChI is InChI=1S/C14H17BrN4O/c1-18-4-6-19(7-5-18)12-3-2-10(8-11(12)15)13-9-14(16)17-20-13/h2-3,8-9H,4-7H2,1H3,(H2,16,17). The number of benzene rings is 1. The highest BCUT2D eigenvalue weighted by Gasteiger charge is 2.17. The summed E-state index contributed by atoms with van der Waals surface area (Å²) in [6.45, 7) is 4.27. The summed E-state index contributed by atoms with van der Waals surface area (Å²) in [7, 11) is 2.16. The predicted octanol–water partition coefficient (Wildman–Crippen LogP) is 2.44. The van der Waals surface area contributed by atoms with Crippen LogP contribution in [0, 0.1) is 0 Å². The average molecular weight is 337 g/mol. The first-order chi connectivity index (χ1) is 9.63. The molecule has 20 heavy (non-hydrogen) atoms. The Morgan fingerprint density at radius 1 is 1.20 bits per heavy atom. The average Bonchev–Trinajstić information content (AvgIpc) is 2.87. The van der Waals surface area contributed by atoms with Crippen molar-refractivity contribution in [1.82, 2.24) is 10.1 Å². The lowest BCUT2D eigenvalue weighted by Gasteiger charge is -2.34. The maximum atomic E-state index is 5.58. The SMILES string of the molecule is CN1CCN(c2ccc(-c3cc(N)no3)cc2Br)CC1. The largest absolute Gasteiger partial charge is 0.381 e. The van der Waals surface area contributed by atoms with E-state index in [1.54, 1.807) is 6.07 Å². The molecule has 1 aliphatic rings. The van der Waals surface area contributed by atoms with Gasteiger partial charge in [-0.15, -0.1) is 0 Å². The van der Waals surface area contributed by atoms with Crippen molar-refractivity contribution < 1.29 is 4.52 Å². The summed E-state index contributed by atoms with van der Waals surface area (Å²) in [5, 5.41) is 3.71. The highest BCUT2D eigenvalue weighted by Crippen LogP contribution is 2.32. The Balaban J connectivity index is 1.84. The molecule has 1 aromatic carbocycles. The molecule has 0 atom stereocenters. The van der Waals surface area contributed by atoms with Gasteiger partial charge in [0.2, 0.25) is 0 Å². The number of nitrogens with zero attached hydrogens (tertiary/aromatic N) is 3. The molecule has 5 nitrogen and oxygen atoms in total. The van der Waals surface area contributed by atoms with Crippen LogP contribution in [-0.4, -0.2) is 43.3 Å². The number of aromatic nitrogens is 1. The van der Waals surface area contributed by atoms with Gasteiger partial charge in [0.1, 0.15) is 0 Å². The highest BCUT2D eigenvalue weighted by molar-refractivity contribution is 9.10. The third-order valence-corrected chi connectivity index (χ3v) is 4.24. The number of nitrogens with two attached hydrogens (primary N) is 1. The normalized spacial score (nSPS) is 16.6. The van der Waals surface area contributed by atoms with Gasteiger partial charge in [-0.05, 0) is 41.2 Å². The van der Waals surface area contributed by atoms with Gasteiger partial charge in [0, 0.05) is 42.3 Å². The van der Waals surface area contributed by atoms with Crippen molar-refractivity contribution in [3.05, 3.63) is 28.7 Å². The van der Waals surface area contributed by atoms with Gasteiger partial charge in [0.15, 0.2) is 11.6 Å². The fourth-order valence-electron chi connectivity index (χ4n) is 2.39. The van der Waals surface area contributed by atoms with Gasteiger partial charge in [-0.3, -0.25) is 0 Å². The molecule has 1 aromatic heterocycles. The van der Waals surface area contributed by atoms with Crippen LogP contribution < -0.4 is 10.6 Å². The van der Waals surface area contributed by atoms with E-state index >= 15 is 0 Å². The van der Waals surface area contributed by atoms with E-state index in [2.05, 4.69) is 44.0 Å². The Bertz CT molecular complexity index is 605. The summed E-state index contributed by atoms with van der Waals surface area (Å²) < 4.78 is 6.25. The maximum Gasteiger partial charge on any atom is 0.169 e. The second kappa shape index (κ2) is 5.46. The van der Waals surface area contributed by atoms with Crippen molar-refractivity contribution >= 4 is 27.4 Å². The highest BCUT2D eigenvalue weighted by atomic mass is 79.9. The van der Waals surface area contributed by atoms with Gasteiger partial charge < -0.3 is 20.1 Å². The Labute approximate surface area is 126 Å². The molecular formula is C14H17BrN4O. The van der Waals surface area contributed by atoms with Gasteiger partial charge in [-0.25, -0.2) is 0 Å². The quantitative estimate of drug-likeness (QED) is 0.912. The number of hydrogen-bond donors (Lipinski definition) is 1. The molecule has 106 valence electrons. The van der Waals surface area contributed by atoms with Crippen LogP contribution in [0.3, 0.4) is 0 Å². The summed E-state index contributed by atoms with van der Waals surface area (Å²) in [6, 6.07) is 7.94. The van der Waals surface area contributed by atoms with Crippen molar-refractivity contribution in [2.45, 2.75) is 0 Å². The Morgan fingerprint density at radius 2 is 1.95 bits per heavy atom. The van der Waals surface area contributed by atoms with E-state index in [0.717, 1.165) is 36.2 Å². The van der Waals surface area contributed by atoms with Crippen molar-refractivity contribution in [2.24, 2.45) is 0 Å².